The Morgan fingerprint density at radius 2 is 1.86 bits per heavy atom. The molecule has 1 aliphatic carbocycles. The van der Waals surface area contributed by atoms with Crippen molar-refractivity contribution in [2.45, 2.75) is 63.1 Å². The number of hydrogen-bond acceptors (Lipinski definition) is 4. The second-order valence-electron chi connectivity index (χ2n) is 7.83. The molecule has 7 nitrogen and oxygen atoms in total. The third-order valence-electron chi connectivity index (χ3n) is 6.00. The van der Waals surface area contributed by atoms with E-state index < -0.39 is 24.0 Å². The highest BCUT2D eigenvalue weighted by atomic mass is 16.4. The van der Waals surface area contributed by atoms with Crippen molar-refractivity contribution in [3.05, 3.63) is 35.9 Å². The van der Waals surface area contributed by atoms with Gasteiger partial charge in [0.15, 0.2) is 0 Å². The van der Waals surface area contributed by atoms with Crippen LogP contribution in [0.5, 0.6) is 0 Å². The quantitative estimate of drug-likeness (QED) is 0.628. The molecule has 3 rings (SSSR count). The summed E-state index contributed by atoms with van der Waals surface area (Å²) < 4.78 is 0. The Morgan fingerprint density at radius 3 is 2.54 bits per heavy atom. The van der Waals surface area contributed by atoms with Crippen molar-refractivity contribution in [2.75, 3.05) is 6.54 Å². The summed E-state index contributed by atoms with van der Waals surface area (Å²) in [7, 11) is 0. The van der Waals surface area contributed by atoms with Crippen molar-refractivity contribution in [2.24, 2.45) is 5.92 Å². The van der Waals surface area contributed by atoms with E-state index in [0.29, 0.717) is 25.2 Å². The molecule has 1 aliphatic heterocycles. The van der Waals surface area contributed by atoms with E-state index >= 15 is 0 Å². The van der Waals surface area contributed by atoms with Crippen LogP contribution in [0.2, 0.25) is 0 Å². The molecule has 2 fully saturated rings. The molecule has 1 heterocycles. The Kier molecular flexibility index (Phi) is 6.67. The Bertz CT molecular complexity index is 708. The minimum atomic E-state index is -1.03. The molecule has 1 saturated carbocycles. The lowest BCUT2D eigenvalue weighted by Crippen LogP contribution is -2.54. The van der Waals surface area contributed by atoms with Crippen LogP contribution in [0.3, 0.4) is 0 Å². The monoisotopic (exact) mass is 388 g/mol. The van der Waals surface area contributed by atoms with Crippen LogP contribution in [0.15, 0.2) is 30.3 Å². The number of fused-ring (bicyclic) bond motifs is 1. The predicted octanol–water partition coefficient (Wildman–Crippen LogP) is 1.91. The second-order valence-corrected chi connectivity index (χ2v) is 7.83. The molecule has 1 aromatic carbocycles. The molecule has 1 unspecified atom stereocenters. The molecule has 7 heteroatoms. The number of likely N-dealkylation sites (tertiary alicyclic amines) is 1. The number of benzene rings is 1. The largest absolute Gasteiger partial charge is 0.480 e. The summed E-state index contributed by atoms with van der Waals surface area (Å²) >= 11 is 0. The first-order chi connectivity index (χ1) is 13.5. The number of carbonyl (C=O) groups excluding carboxylic acids is 1. The first kappa shape index (κ1) is 20.3. The Labute approximate surface area is 164 Å². The van der Waals surface area contributed by atoms with Crippen molar-refractivity contribution < 1.29 is 24.6 Å². The van der Waals surface area contributed by atoms with Crippen LogP contribution in [0.4, 0.5) is 0 Å². The number of aliphatic carboxylic acids is 2. The van der Waals surface area contributed by atoms with Crippen LogP contribution >= 0.6 is 0 Å². The third-order valence-corrected chi connectivity index (χ3v) is 6.00. The summed E-state index contributed by atoms with van der Waals surface area (Å²) in [6.45, 7) is -0.320. The molecular weight excluding hydrogens is 360 g/mol. The van der Waals surface area contributed by atoms with Gasteiger partial charge in [0.1, 0.15) is 12.6 Å². The number of amides is 1. The van der Waals surface area contributed by atoms with E-state index in [0.717, 1.165) is 31.2 Å². The Morgan fingerprint density at radius 1 is 1.11 bits per heavy atom. The summed E-state index contributed by atoms with van der Waals surface area (Å²) in [5.74, 6) is -1.98. The van der Waals surface area contributed by atoms with E-state index in [-0.39, 0.29) is 18.5 Å². The van der Waals surface area contributed by atoms with Gasteiger partial charge in [-0.15, -0.1) is 0 Å². The van der Waals surface area contributed by atoms with Gasteiger partial charge >= 0.3 is 11.9 Å². The van der Waals surface area contributed by atoms with Crippen LogP contribution in [0.1, 0.15) is 44.1 Å². The number of hydrogen-bond donors (Lipinski definition) is 3. The van der Waals surface area contributed by atoms with Crippen molar-refractivity contribution >= 4 is 17.8 Å². The minimum absolute atomic E-state index is 0.0389. The minimum Gasteiger partial charge on any atom is -0.480 e. The van der Waals surface area contributed by atoms with E-state index in [2.05, 4.69) is 5.32 Å². The molecule has 3 N–H and O–H groups in total. The number of carbonyl (C=O) groups is 3. The van der Waals surface area contributed by atoms with Gasteiger partial charge in [-0.05, 0) is 50.0 Å². The van der Waals surface area contributed by atoms with Gasteiger partial charge in [0.25, 0.3) is 0 Å². The summed E-state index contributed by atoms with van der Waals surface area (Å²) in [6, 6.07) is 8.10. The summed E-state index contributed by atoms with van der Waals surface area (Å²) in [5, 5.41) is 21.9. The maximum Gasteiger partial charge on any atom is 0.323 e. The van der Waals surface area contributed by atoms with Crippen LogP contribution in [0.25, 0.3) is 0 Å². The van der Waals surface area contributed by atoms with Crippen LogP contribution < -0.4 is 5.32 Å². The summed E-state index contributed by atoms with van der Waals surface area (Å²) in [5.41, 5.74) is 1.05. The highest BCUT2D eigenvalue weighted by molar-refractivity contribution is 5.86. The van der Waals surface area contributed by atoms with E-state index in [1.807, 2.05) is 30.3 Å². The maximum atomic E-state index is 13.1. The molecule has 0 radical (unpaired) electrons. The molecule has 28 heavy (non-hydrogen) atoms. The van der Waals surface area contributed by atoms with E-state index in [1.54, 1.807) is 0 Å². The van der Waals surface area contributed by atoms with E-state index in [9.17, 15) is 24.6 Å². The molecule has 1 saturated heterocycles. The smallest absolute Gasteiger partial charge is 0.323 e. The topological polar surface area (TPSA) is 107 Å². The molecule has 0 bridgehead atoms. The molecule has 1 aromatic rings. The number of rotatable bonds is 8. The average molecular weight is 388 g/mol. The fourth-order valence-electron chi connectivity index (χ4n) is 4.60. The van der Waals surface area contributed by atoms with Gasteiger partial charge in [-0.3, -0.25) is 19.7 Å². The SMILES string of the molecule is O=C(O)CN1C(=O)[C@@H](N[C@@H](CCc2ccccc2)C(=O)O)CCC2CCC[C@@H]21. The Hall–Kier alpha value is -2.41. The fraction of sp³-hybridized carbons (Fsp3) is 0.571. The lowest BCUT2D eigenvalue weighted by molar-refractivity contribution is -0.148. The van der Waals surface area contributed by atoms with Crippen LogP contribution in [-0.4, -0.2) is 57.6 Å². The molecule has 0 spiro atoms. The normalized spacial score (nSPS) is 25.8. The van der Waals surface area contributed by atoms with Crippen molar-refractivity contribution in [1.82, 2.24) is 10.2 Å². The molecule has 1 amide bonds. The lowest BCUT2D eigenvalue weighted by Gasteiger charge is -2.31. The zero-order valence-electron chi connectivity index (χ0n) is 15.9. The number of carboxylic acids is 2. The average Bonchev–Trinajstić information content (AvgIpc) is 3.09. The Balaban J connectivity index is 1.69. The van der Waals surface area contributed by atoms with Crippen molar-refractivity contribution in [3.8, 4) is 0 Å². The first-order valence-corrected chi connectivity index (χ1v) is 10.0. The first-order valence-electron chi connectivity index (χ1n) is 10.0. The maximum absolute atomic E-state index is 13.1. The summed E-state index contributed by atoms with van der Waals surface area (Å²) in [6.07, 6.45) is 5.15. The molecule has 152 valence electrons. The number of aryl methyl sites for hydroxylation is 1. The van der Waals surface area contributed by atoms with Crippen molar-refractivity contribution in [1.29, 1.82) is 0 Å². The molecule has 4 atom stereocenters. The van der Waals surface area contributed by atoms with Gasteiger partial charge in [0.05, 0.1) is 6.04 Å². The van der Waals surface area contributed by atoms with Gasteiger partial charge in [-0.25, -0.2) is 0 Å². The molecular formula is C21H28N2O5. The van der Waals surface area contributed by atoms with Gasteiger partial charge in [0, 0.05) is 6.04 Å². The second kappa shape index (κ2) is 9.19. The van der Waals surface area contributed by atoms with E-state index in [4.69, 9.17) is 0 Å². The van der Waals surface area contributed by atoms with Crippen molar-refractivity contribution in [3.63, 3.8) is 0 Å². The summed E-state index contributed by atoms with van der Waals surface area (Å²) in [4.78, 5) is 37.6. The highest BCUT2D eigenvalue weighted by Gasteiger charge is 2.42. The van der Waals surface area contributed by atoms with Gasteiger partial charge in [0.2, 0.25) is 5.91 Å². The van der Waals surface area contributed by atoms with Gasteiger partial charge in [-0.2, -0.15) is 0 Å². The van der Waals surface area contributed by atoms with Crippen LogP contribution in [-0.2, 0) is 20.8 Å². The number of carboxylic acid groups (broad SMARTS) is 2. The van der Waals surface area contributed by atoms with Crippen LogP contribution in [0, 0.1) is 5.92 Å². The molecule has 0 aromatic heterocycles. The standard InChI is InChI=1S/C21H28N2O5/c24-19(25)13-23-18-8-4-7-15(18)10-12-16(20(23)26)22-17(21(27)28)11-9-14-5-2-1-3-6-14/h1-3,5-6,15-18,22H,4,7-13H2,(H,24,25)(H,27,28)/t15?,16-,17-,18-/m0/s1. The lowest BCUT2D eigenvalue weighted by atomic mass is 9.97. The predicted molar refractivity (Wildman–Crippen MR) is 103 cm³/mol. The fourth-order valence-corrected chi connectivity index (χ4v) is 4.60. The molecule has 2 aliphatic rings. The zero-order valence-corrected chi connectivity index (χ0v) is 15.9. The zero-order chi connectivity index (χ0) is 20.1. The number of nitrogens with zero attached hydrogens (tertiary/aromatic N) is 1. The van der Waals surface area contributed by atoms with Gasteiger partial charge < -0.3 is 15.1 Å². The number of nitrogens with one attached hydrogen (secondary N) is 1. The van der Waals surface area contributed by atoms with Gasteiger partial charge in [-0.1, -0.05) is 36.8 Å². The van der Waals surface area contributed by atoms with E-state index in [1.165, 1.54) is 4.90 Å². The third kappa shape index (κ3) is 4.90. The highest BCUT2D eigenvalue weighted by Crippen LogP contribution is 2.36.